The standard InChI is InChI=1S/C29H26BrIN2O5S/c1-4-37-24-13-20(12-23(30)27(24)38-16-19-6-8-21(31)9-7-19)14-25-28(35)33(29(36)39-25)15-26(34)32-22-10-5-17(2)18(3)11-22/h5-14H,4,15-16H2,1-3H3,(H,32,34)/b25-14+. The lowest BCUT2D eigenvalue weighted by Gasteiger charge is -2.15. The highest BCUT2D eigenvalue weighted by molar-refractivity contribution is 14.1. The van der Waals surface area contributed by atoms with E-state index in [9.17, 15) is 14.4 Å². The van der Waals surface area contributed by atoms with Gasteiger partial charge in [0, 0.05) is 9.26 Å². The lowest BCUT2D eigenvalue weighted by molar-refractivity contribution is -0.127. The first-order valence-corrected chi connectivity index (χ1v) is 14.8. The number of aryl methyl sites for hydroxylation is 2. The molecule has 39 heavy (non-hydrogen) atoms. The number of benzene rings is 3. The Labute approximate surface area is 253 Å². The van der Waals surface area contributed by atoms with Crippen LogP contribution in [0.2, 0.25) is 0 Å². The Morgan fingerprint density at radius 3 is 2.49 bits per heavy atom. The van der Waals surface area contributed by atoms with Crippen molar-refractivity contribution in [3.8, 4) is 11.5 Å². The van der Waals surface area contributed by atoms with Crippen molar-refractivity contribution in [3.63, 3.8) is 0 Å². The van der Waals surface area contributed by atoms with Crippen molar-refractivity contribution in [1.29, 1.82) is 0 Å². The maximum atomic E-state index is 13.0. The van der Waals surface area contributed by atoms with Crippen LogP contribution in [0.15, 0.2) is 64.0 Å². The Hall–Kier alpha value is -2.83. The lowest BCUT2D eigenvalue weighted by atomic mass is 10.1. The van der Waals surface area contributed by atoms with E-state index in [1.165, 1.54) is 0 Å². The zero-order chi connectivity index (χ0) is 28.1. The van der Waals surface area contributed by atoms with E-state index in [-0.39, 0.29) is 11.4 Å². The van der Waals surface area contributed by atoms with Gasteiger partial charge >= 0.3 is 0 Å². The summed E-state index contributed by atoms with van der Waals surface area (Å²) >= 11 is 6.61. The minimum atomic E-state index is -0.520. The van der Waals surface area contributed by atoms with Crippen molar-refractivity contribution in [3.05, 3.63) is 89.8 Å². The van der Waals surface area contributed by atoms with Crippen molar-refractivity contribution >= 4 is 79.1 Å². The van der Waals surface area contributed by atoms with Crippen LogP contribution in [-0.2, 0) is 16.2 Å². The molecule has 0 spiro atoms. The number of halogens is 2. The van der Waals surface area contributed by atoms with Crippen molar-refractivity contribution in [2.75, 3.05) is 18.5 Å². The van der Waals surface area contributed by atoms with Crippen molar-refractivity contribution in [2.45, 2.75) is 27.4 Å². The normalized spacial score (nSPS) is 14.2. The Balaban J connectivity index is 1.48. The highest BCUT2D eigenvalue weighted by Crippen LogP contribution is 2.39. The van der Waals surface area contributed by atoms with E-state index < -0.39 is 17.1 Å². The van der Waals surface area contributed by atoms with Crippen LogP contribution in [0.3, 0.4) is 0 Å². The largest absolute Gasteiger partial charge is 0.490 e. The SMILES string of the molecule is CCOc1cc(/C=C2/SC(=O)N(CC(=O)Nc3ccc(C)c(C)c3)C2=O)cc(Br)c1OCc1ccc(I)cc1. The van der Waals surface area contributed by atoms with Crippen LogP contribution in [0.25, 0.3) is 6.08 Å². The Bertz CT molecular complexity index is 1460. The number of nitrogens with zero attached hydrogens (tertiary/aromatic N) is 1. The molecule has 1 aliphatic heterocycles. The summed E-state index contributed by atoms with van der Waals surface area (Å²) in [5, 5.41) is 2.26. The Morgan fingerprint density at radius 2 is 1.79 bits per heavy atom. The van der Waals surface area contributed by atoms with Crippen molar-refractivity contribution in [1.82, 2.24) is 4.90 Å². The van der Waals surface area contributed by atoms with Gasteiger partial charge in [-0.25, -0.2) is 0 Å². The molecule has 3 aromatic carbocycles. The van der Waals surface area contributed by atoms with Gasteiger partial charge < -0.3 is 14.8 Å². The summed E-state index contributed by atoms with van der Waals surface area (Å²) in [7, 11) is 0. The van der Waals surface area contributed by atoms with Gasteiger partial charge in [-0.15, -0.1) is 0 Å². The van der Waals surface area contributed by atoms with E-state index in [1.807, 2.05) is 57.2 Å². The summed E-state index contributed by atoms with van der Waals surface area (Å²) in [4.78, 5) is 39.4. The fraction of sp³-hybridized carbons (Fsp3) is 0.207. The average Bonchev–Trinajstić information content (AvgIpc) is 3.14. The molecule has 3 amide bonds. The van der Waals surface area contributed by atoms with Gasteiger partial charge in [-0.1, -0.05) is 18.2 Å². The lowest BCUT2D eigenvalue weighted by Crippen LogP contribution is -2.36. The van der Waals surface area contributed by atoms with Gasteiger partial charge in [0.25, 0.3) is 11.1 Å². The average molecular weight is 721 g/mol. The molecule has 1 N–H and O–H groups in total. The van der Waals surface area contributed by atoms with Gasteiger partial charge in [-0.2, -0.15) is 0 Å². The minimum absolute atomic E-state index is 0.223. The highest BCUT2D eigenvalue weighted by atomic mass is 127. The van der Waals surface area contributed by atoms with Gasteiger partial charge in [-0.05, 0) is 136 Å². The fourth-order valence-electron chi connectivity index (χ4n) is 3.76. The van der Waals surface area contributed by atoms with E-state index in [0.717, 1.165) is 36.9 Å². The van der Waals surface area contributed by atoms with Gasteiger partial charge in [0.2, 0.25) is 5.91 Å². The smallest absolute Gasteiger partial charge is 0.294 e. The van der Waals surface area contributed by atoms with E-state index in [1.54, 1.807) is 24.3 Å². The highest BCUT2D eigenvalue weighted by Gasteiger charge is 2.36. The maximum absolute atomic E-state index is 13.0. The predicted molar refractivity (Wildman–Crippen MR) is 166 cm³/mol. The second-order valence-electron chi connectivity index (χ2n) is 8.79. The molecule has 0 atom stereocenters. The third-order valence-electron chi connectivity index (χ3n) is 5.89. The van der Waals surface area contributed by atoms with Gasteiger partial charge in [-0.3, -0.25) is 19.3 Å². The molecule has 1 saturated heterocycles. The van der Waals surface area contributed by atoms with Crippen LogP contribution in [0.5, 0.6) is 11.5 Å². The van der Waals surface area contributed by atoms with E-state index in [2.05, 4.69) is 43.8 Å². The van der Waals surface area contributed by atoms with Crippen molar-refractivity contribution in [2.24, 2.45) is 0 Å². The van der Waals surface area contributed by atoms with Crippen LogP contribution < -0.4 is 14.8 Å². The van der Waals surface area contributed by atoms with Crippen LogP contribution in [0.1, 0.15) is 29.2 Å². The number of ether oxygens (including phenoxy) is 2. The molecule has 0 unspecified atom stereocenters. The fourth-order valence-corrected chi connectivity index (χ4v) is 5.53. The first-order valence-electron chi connectivity index (χ1n) is 12.1. The number of hydrogen-bond acceptors (Lipinski definition) is 6. The number of carbonyl (C=O) groups is 3. The summed E-state index contributed by atoms with van der Waals surface area (Å²) in [6, 6.07) is 17.1. The number of imide groups is 1. The van der Waals surface area contributed by atoms with Gasteiger partial charge in [0.05, 0.1) is 16.0 Å². The first-order chi connectivity index (χ1) is 18.6. The molecule has 3 aromatic rings. The molecular weight excluding hydrogens is 695 g/mol. The number of amides is 3. The second kappa shape index (κ2) is 13.0. The molecule has 0 radical (unpaired) electrons. The van der Waals surface area contributed by atoms with Crippen LogP contribution in [0.4, 0.5) is 10.5 Å². The number of thioether (sulfide) groups is 1. The number of hydrogen-bond donors (Lipinski definition) is 1. The molecule has 1 aliphatic rings. The third-order valence-corrected chi connectivity index (χ3v) is 8.11. The van der Waals surface area contributed by atoms with E-state index in [0.29, 0.717) is 40.4 Å². The summed E-state index contributed by atoms with van der Waals surface area (Å²) in [5.74, 6) is 0.0884. The topological polar surface area (TPSA) is 84.9 Å². The molecule has 202 valence electrons. The zero-order valence-corrected chi connectivity index (χ0v) is 26.1. The van der Waals surface area contributed by atoms with E-state index in [4.69, 9.17) is 9.47 Å². The number of nitrogens with one attached hydrogen (secondary N) is 1. The van der Waals surface area contributed by atoms with Crippen LogP contribution in [-0.4, -0.2) is 35.1 Å². The Morgan fingerprint density at radius 1 is 1.05 bits per heavy atom. The molecule has 1 fully saturated rings. The summed E-state index contributed by atoms with van der Waals surface area (Å²) in [6.07, 6.45) is 1.61. The molecule has 4 rings (SSSR count). The molecule has 0 aromatic heterocycles. The molecule has 0 aliphatic carbocycles. The van der Waals surface area contributed by atoms with Crippen LogP contribution in [0, 0.1) is 17.4 Å². The minimum Gasteiger partial charge on any atom is -0.490 e. The monoisotopic (exact) mass is 720 g/mol. The summed E-state index contributed by atoms with van der Waals surface area (Å²) in [5.41, 5.74) is 4.42. The number of rotatable bonds is 9. The van der Waals surface area contributed by atoms with Gasteiger partial charge in [0.15, 0.2) is 11.5 Å². The quantitative estimate of drug-likeness (QED) is 0.184. The molecule has 7 nitrogen and oxygen atoms in total. The molecule has 0 bridgehead atoms. The van der Waals surface area contributed by atoms with Crippen LogP contribution >= 0.6 is 50.3 Å². The predicted octanol–water partition coefficient (Wildman–Crippen LogP) is 7.32. The second-order valence-corrected chi connectivity index (χ2v) is 11.9. The molecular formula is C29H26BrIN2O5S. The Kier molecular flexibility index (Phi) is 9.73. The number of anilines is 1. The van der Waals surface area contributed by atoms with E-state index >= 15 is 0 Å². The maximum Gasteiger partial charge on any atom is 0.294 e. The summed E-state index contributed by atoms with van der Waals surface area (Å²) in [6.45, 7) is 6.21. The number of carbonyl (C=O) groups excluding carboxylic acids is 3. The van der Waals surface area contributed by atoms with Crippen molar-refractivity contribution < 1.29 is 23.9 Å². The molecule has 0 saturated carbocycles. The third kappa shape index (κ3) is 7.43. The first kappa shape index (κ1) is 29.2. The van der Waals surface area contributed by atoms with Gasteiger partial charge in [0.1, 0.15) is 13.2 Å². The molecule has 10 heteroatoms. The zero-order valence-electron chi connectivity index (χ0n) is 21.5. The summed E-state index contributed by atoms with van der Waals surface area (Å²) < 4.78 is 13.7. The molecule has 1 heterocycles.